The maximum atomic E-state index is 3.76. The molecule has 88 valence electrons. The van der Waals surface area contributed by atoms with Gasteiger partial charge in [0, 0.05) is 0 Å². The van der Waals surface area contributed by atoms with E-state index in [1.807, 2.05) is 13.1 Å². The quantitative estimate of drug-likeness (QED) is 0.512. The van der Waals surface area contributed by atoms with E-state index in [1.54, 1.807) is 0 Å². The van der Waals surface area contributed by atoms with Crippen LogP contribution in [0.4, 0.5) is 0 Å². The highest BCUT2D eigenvalue weighted by molar-refractivity contribution is 4.74. The number of nitrogens with one attached hydrogen (secondary N) is 1. The van der Waals surface area contributed by atoms with Crippen molar-refractivity contribution in [1.29, 1.82) is 0 Å². The minimum Gasteiger partial charge on any atom is -0.320 e. The zero-order valence-electron chi connectivity index (χ0n) is 10.2. The second-order valence-electron chi connectivity index (χ2n) is 4.61. The van der Waals surface area contributed by atoms with Crippen LogP contribution in [0.3, 0.4) is 0 Å². The average molecular weight is 210 g/mol. The number of allylic oxidation sites excluding steroid dienone is 1. The van der Waals surface area contributed by atoms with Crippen LogP contribution in [0.25, 0.3) is 0 Å². The molecule has 0 aliphatic carbocycles. The van der Waals surface area contributed by atoms with Gasteiger partial charge in [-0.05, 0) is 71.2 Å². The van der Waals surface area contributed by atoms with Gasteiger partial charge in [-0.25, -0.2) is 0 Å². The van der Waals surface area contributed by atoms with E-state index in [-0.39, 0.29) is 0 Å². The molecule has 1 fully saturated rings. The molecule has 1 saturated heterocycles. The minimum absolute atomic E-state index is 0.966. The monoisotopic (exact) mass is 210 g/mol. The van der Waals surface area contributed by atoms with Gasteiger partial charge < -0.3 is 10.2 Å². The van der Waals surface area contributed by atoms with Gasteiger partial charge in [0.2, 0.25) is 0 Å². The Balaban J connectivity index is 2.04. The minimum atomic E-state index is 0.966. The van der Waals surface area contributed by atoms with E-state index in [1.165, 1.54) is 58.3 Å². The Morgan fingerprint density at radius 2 is 2.13 bits per heavy atom. The zero-order valence-corrected chi connectivity index (χ0v) is 10.2. The molecule has 2 nitrogen and oxygen atoms in total. The fourth-order valence-corrected chi connectivity index (χ4v) is 2.31. The molecule has 1 aliphatic rings. The lowest BCUT2D eigenvalue weighted by Crippen LogP contribution is -2.35. The average Bonchev–Trinajstić information content (AvgIpc) is 2.28. The van der Waals surface area contributed by atoms with Crippen molar-refractivity contribution < 1.29 is 0 Å². The van der Waals surface area contributed by atoms with Crippen molar-refractivity contribution in [1.82, 2.24) is 10.2 Å². The van der Waals surface area contributed by atoms with Crippen LogP contribution in [0.5, 0.6) is 0 Å². The number of unbranched alkanes of at least 4 members (excludes halogenated alkanes) is 1. The Kier molecular flexibility index (Phi) is 6.69. The summed E-state index contributed by atoms with van der Waals surface area (Å²) >= 11 is 0. The van der Waals surface area contributed by atoms with Crippen LogP contribution < -0.4 is 5.32 Å². The van der Waals surface area contributed by atoms with Crippen LogP contribution in [0.1, 0.15) is 32.1 Å². The summed E-state index contributed by atoms with van der Waals surface area (Å²) < 4.78 is 0. The highest BCUT2D eigenvalue weighted by atomic mass is 15.1. The summed E-state index contributed by atoms with van der Waals surface area (Å²) in [4.78, 5) is 2.61. The highest BCUT2D eigenvalue weighted by Crippen LogP contribution is 2.20. The number of hydrogen-bond donors (Lipinski definition) is 1. The predicted octanol–water partition coefficient (Wildman–Crippen LogP) is 2.27. The fraction of sp³-hybridized carbons (Fsp3) is 0.846. The number of likely N-dealkylation sites (tertiary alicyclic amines) is 1. The van der Waals surface area contributed by atoms with Crippen LogP contribution >= 0.6 is 0 Å². The summed E-state index contributed by atoms with van der Waals surface area (Å²) in [6, 6.07) is 0. The molecule has 15 heavy (non-hydrogen) atoms. The first kappa shape index (κ1) is 12.7. The molecule has 2 heteroatoms. The number of rotatable bonds is 7. The maximum absolute atomic E-state index is 3.76. The van der Waals surface area contributed by atoms with Gasteiger partial charge in [-0.1, -0.05) is 6.08 Å². The molecule has 0 aromatic heterocycles. The van der Waals surface area contributed by atoms with Crippen molar-refractivity contribution in [2.75, 3.05) is 33.2 Å². The molecule has 0 atom stereocenters. The largest absolute Gasteiger partial charge is 0.320 e. The smallest absolute Gasteiger partial charge is 0.00158 e. The third-order valence-electron chi connectivity index (χ3n) is 3.39. The molecule has 0 unspecified atom stereocenters. The molecule has 1 N–H and O–H groups in total. The van der Waals surface area contributed by atoms with E-state index < -0.39 is 0 Å². The standard InChI is InChI=1S/C13H26N2/c1-3-4-5-10-15-11-7-13(8-12-15)6-9-14-2/h3,13-14H,1,4-12H2,2H3. The molecule has 0 amide bonds. The van der Waals surface area contributed by atoms with Gasteiger partial charge in [-0.3, -0.25) is 0 Å². The molecule has 0 bridgehead atoms. The number of hydrogen-bond acceptors (Lipinski definition) is 2. The summed E-state index contributed by atoms with van der Waals surface area (Å²) in [5, 5.41) is 3.24. The molecular formula is C13H26N2. The third-order valence-corrected chi connectivity index (χ3v) is 3.39. The van der Waals surface area contributed by atoms with Crippen molar-refractivity contribution in [2.45, 2.75) is 32.1 Å². The number of piperidine rings is 1. The number of nitrogens with zero attached hydrogens (tertiary/aromatic N) is 1. The molecule has 0 aromatic rings. The van der Waals surface area contributed by atoms with Gasteiger partial charge in [-0.2, -0.15) is 0 Å². The zero-order chi connectivity index (χ0) is 10.9. The van der Waals surface area contributed by atoms with Crippen LogP contribution in [0, 0.1) is 5.92 Å². The highest BCUT2D eigenvalue weighted by Gasteiger charge is 2.17. The van der Waals surface area contributed by atoms with Crippen molar-refractivity contribution in [3.63, 3.8) is 0 Å². The summed E-state index contributed by atoms with van der Waals surface area (Å²) in [5.41, 5.74) is 0. The Morgan fingerprint density at radius 3 is 2.73 bits per heavy atom. The Hall–Kier alpha value is -0.340. The van der Waals surface area contributed by atoms with E-state index in [9.17, 15) is 0 Å². The maximum Gasteiger partial charge on any atom is -0.00158 e. The van der Waals surface area contributed by atoms with Crippen molar-refractivity contribution in [3.8, 4) is 0 Å². The summed E-state index contributed by atoms with van der Waals surface area (Å²) in [6.45, 7) is 8.84. The van der Waals surface area contributed by atoms with Gasteiger partial charge in [0.25, 0.3) is 0 Å². The van der Waals surface area contributed by atoms with E-state index in [4.69, 9.17) is 0 Å². The third kappa shape index (κ3) is 5.33. The SMILES string of the molecule is C=CCCCN1CCC(CCNC)CC1. The summed E-state index contributed by atoms with van der Waals surface area (Å²) in [5.74, 6) is 0.966. The van der Waals surface area contributed by atoms with E-state index in [0.717, 1.165) is 5.92 Å². The first-order valence-corrected chi connectivity index (χ1v) is 6.34. The molecule has 1 aliphatic heterocycles. The summed E-state index contributed by atoms with van der Waals surface area (Å²) in [7, 11) is 2.05. The normalized spacial score (nSPS) is 19.3. The topological polar surface area (TPSA) is 15.3 Å². The fourth-order valence-electron chi connectivity index (χ4n) is 2.31. The molecule has 1 heterocycles. The van der Waals surface area contributed by atoms with E-state index in [0.29, 0.717) is 0 Å². The Bertz CT molecular complexity index is 160. The van der Waals surface area contributed by atoms with E-state index >= 15 is 0 Å². The molecule has 1 rings (SSSR count). The lowest BCUT2D eigenvalue weighted by Gasteiger charge is -2.31. The molecule has 0 saturated carbocycles. The predicted molar refractivity (Wildman–Crippen MR) is 67.1 cm³/mol. The van der Waals surface area contributed by atoms with E-state index in [2.05, 4.69) is 16.8 Å². The molecule has 0 spiro atoms. The lowest BCUT2D eigenvalue weighted by molar-refractivity contribution is 0.178. The molecule has 0 aromatic carbocycles. The van der Waals surface area contributed by atoms with Crippen molar-refractivity contribution in [3.05, 3.63) is 12.7 Å². The van der Waals surface area contributed by atoms with Gasteiger partial charge >= 0.3 is 0 Å². The van der Waals surface area contributed by atoms with Gasteiger partial charge in [0.05, 0.1) is 0 Å². The van der Waals surface area contributed by atoms with Gasteiger partial charge in [0.15, 0.2) is 0 Å². The second-order valence-corrected chi connectivity index (χ2v) is 4.61. The Labute approximate surface area is 94.7 Å². The molecule has 0 radical (unpaired) electrons. The van der Waals surface area contributed by atoms with Crippen LogP contribution in [0.15, 0.2) is 12.7 Å². The van der Waals surface area contributed by atoms with Crippen LogP contribution in [-0.4, -0.2) is 38.1 Å². The van der Waals surface area contributed by atoms with Crippen molar-refractivity contribution in [2.24, 2.45) is 5.92 Å². The van der Waals surface area contributed by atoms with Gasteiger partial charge in [-0.15, -0.1) is 6.58 Å². The first-order valence-electron chi connectivity index (χ1n) is 6.34. The van der Waals surface area contributed by atoms with Crippen LogP contribution in [-0.2, 0) is 0 Å². The van der Waals surface area contributed by atoms with Gasteiger partial charge in [0.1, 0.15) is 0 Å². The van der Waals surface area contributed by atoms with Crippen molar-refractivity contribution >= 4 is 0 Å². The molecular weight excluding hydrogens is 184 g/mol. The second kappa shape index (κ2) is 7.89. The van der Waals surface area contributed by atoms with Crippen LogP contribution in [0.2, 0.25) is 0 Å². The first-order chi connectivity index (χ1) is 7.36. The Morgan fingerprint density at radius 1 is 1.40 bits per heavy atom. The summed E-state index contributed by atoms with van der Waals surface area (Å²) in [6.07, 6.45) is 8.63. The lowest BCUT2D eigenvalue weighted by atomic mass is 9.93.